The highest BCUT2D eigenvalue weighted by molar-refractivity contribution is 6.00. The van der Waals surface area contributed by atoms with Crippen LogP contribution in [0.2, 0.25) is 0 Å². The van der Waals surface area contributed by atoms with Crippen molar-refractivity contribution in [3.05, 3.63) is 60.2 Å². The van der Waals surface area contributed by atoms with Gasteiger partial charge in [0.05, 0.1) is 13.0 Å². The standard InChI is InChI=1S/C21H22N6O2/c1-13(23-5-7-28)8-19(22)25-18-10-16(12-27-6-4-24-21(18)27)14-2-3-15-11-20(29)26-17(15)9-14/h2-4,6,8-10,12,23,28H,5,7,11H2,1H3,(H2,22,25)(H,26,29)/b13-8-. The Balaban J connectivity index is 1.73. The summed E-state index contributed by atoms with van der Waals surface area (Å²) in [5.41, 5.74) is 12.0. The molecular weight excluding hydrogens is 368 g/mol. The van der Waals surface area contributed by atoms with Crippen molar-refractivity contribution in [3.63, 3.8) is 0 Å². The predicted octanol–water partition coefficient (Wildman–Crippen LogP) is 1.97. The first kappa shape index (κ1) is 18.7. The molecular formula is C21H22N6O2. The second-order valence-corrected chi connectivity index (χ2v) is 6.88. The summed E-state index contributed by atoms with van der Waals surface area (Å²) < 4.78 is 1.90. The zero-order valence-electron chi connectivity index (χ0n) is 16.0. The van der Waals surface area contributed by atoms with Gasteiger partial charge in [-0.05, 0) is 36.3 Å². The van der Waals surface area contributed by atoms with Gasteiger partial charge in [0.1, 0.15) is 11.5 Å². The lowest BCUT2D eigenvalue weighted by molar-refractivity contribution is -0.115. The lowest BCUT2D eigenvalue weighted by Gasteiger charge is -2.08. The first-order valence-corrected chi connectivity index (χ1v) is 9.30. The second kappa shape index (κ2) is 7.76. The summed E-state index contributed by atoms with van der Waals surface area (Å²) in [6.07, 6.45) is 7.67. The fourth-order valence-electron chi connectivity index (χ4n) is 3.35. The summed E-state index contributed by atoms with van der Waals surface area (Å²) in [7, 11) is 0. The fourth-order valence-corrected chi connectivity index (χ4v) is 3.35. The van der Waals surface area contributed by atoms with Crippen molar-refractivity contribution in [1.82, 2.24) is 14.7 Å². The molecule has 0 bridgehead atoms. The third-order valence-corrected chi connectivity index (χ3v) is 4.67. The van der Waals surface area contributed by atoms with E-state index in [2.05, 4.69) is 20.6 Å². The molecule has 1 aliphatic rings. The molecule has 29 heavy (non-hydrogen) atoms. The minimum atomic E-state index is 0.0113. The van der Waals surface area contributed by atoms with Gasteiger partial charge in [0, 0.05) is 42.1 Å². The van der Waals surface area contributed by atoms with Gasteiger partial charge in [-0.15, -0.1) is 0 Å². The summed E-state index contributed by atoms with van der Waals surface area (Å²) in [4.78, 5) is 20.6. The molecule has 5 N–H and O–H groups in total. The van der Waals surface area contributed by atoms with Crippen LogP contribution in [0.15, 0.2) is 59.6 Å². The molecule has 3 aromatic rings. The van der Waals surface area contributed by atoms with E-state index >= 15 is 0 Å². The van der Waals surface area contributed by atoms with Crippen molar-refractivity contribution in [2.75, 3.05) is 18.5 Å². The molecule has 1 aromatic carbocycles. The lowest BCUT2D eigenvalue weighted by atomic mass is 10.0. The third-order valence-electron chi connectivity index (χ3n) is 4.67. The SMILES string of the molecule is C/C(=C/C(N)=Nc1cc(-c2ccc3c(c2)NC(=O)C3)cn2ccnc12)NCCO. The van der Waals surface area contributed by atoms with Gasteiger partial charge in [-0.3, -0.25) is 4.79 Å². The summed E-state index contributed by atoms with van der Waals surface area (Å²) >= 11 is 0. The number of aliphatic hydroxyl groups is 1. The summed E-state index contributed by atoms with van der Waals surface area (Å²) in [6, 6.07) is 7.86. The number of carbonyl (C=O) groups excluding carboxylic acids is 1. The minimum Gasteiger partial charge on any atom is -0.395 e. The smallest absolute Gasteiger partial charge is 0.228 e. The minimum absolute atomic E-state index is 0.0113. The Bertz CT molecular complexity index is 1150. The number of imidazole rings is 1. The van der Waals surface area contributed by atoms with E-state index in [4.69, 9.17) is 10.8 Å². The molecule has 0 saturated heterocycles. The second-order valence-electron chi connectivity index (χ2n) is 6.88. The van der Waals surface area contributed by atoms with Gasteiger partial charge in [-0.25, -0.2) is 9.98 Å². The quantitative estimate of drug-likeness (QED) is 0.379. The number of aliphatic imine (C=N–C) groups is 1. The van der Waals surface area contributed by atoms with Crippen LogP contribution < -0.4 is 16.4 Å². The Hall–Kier alpha value is -3.65. The molecule has 1 amide bonds. The number of hydrogen-bond acceptors (Lipinski definition) is 5. The van der Waals surface area contributed by atoms with E-state index in [0.29, 0.717) is 30.1 Å². The lowest BCUT2D eigenvalue weighted by Crippen LogP contribution is -2.18. The predicted molar refractivity (Wildman–Crippen MR) is 113 cm³/mol. The molecule has 8 nitrogen and oxygen atoms in total. The van der Waals surface area contributed by atoms with E-state index in [0.717, 1.165) is 28.1 Å². The van der Waals surface area contributed by atoms with Crippen molar-refractivity contribution in [2.45, 2.75) is 13.3 Å². The van der Waals surface area contributed by atoms with Crippen LogP contribution in [0.4, 0.5) is 11.4 Å². The van der Waals surface area contributed by atoms with Gasteiger partial charge in [-0.1, -0.05) is 12.1 Å². The molecule has 2 aromatic heterocycles. The summed E-state index contributed by atoms with van der Waals surface area (Å²) in [5, 5.41) is 14.8. The van der Waals surface area contributed by atoms with Crippen LogP contribution in [0, 0.1) is 0 Å². The number of anilines is 1. The Morgan fingerprint density at radius 3 is 3.10 bits per heavy atom. The van der Waals surface area contributed by atoms with Crippen molar-refractivity contribution in [2.24, 2.45) is 10.7 Å². The van der Waals surface area contributed by atoms with Gasteiger partial charge in [-0.2, -0.15) is 0 Å². The number of pyridine rings is 1. The average molecular weight is 390 g/mol. The normalized spacial score (nSPS) is 14.2. The summed E-state index contributed by atoms with van der Waals surface area (Å²) in [5.74, 6) is 0.341. The number of fused-ring (bicyclic) bond motifs is 2. The fraction of sp³-hybridized carbons (Fsp3) is 0.190. The molecule has 0 radical (unpaired) electrons. The topological polar surface area (TPSA) is 117 Å². The van der Waals surface area contributed by atoms with E-state index < -0.39 is 0 Å². The number of aliphatic hydroxyl groups excluding tert-OH is 1. The van der Waals surface area contributed by atoms with E-state index in [1.165, 1.54) is 0 Å². The zero-order valence-corrected chi connectivity index (χ0v) is 16.0. The van der Waals surface area contributed by atoms with Crippen LogP contribution in [-0.4, -0.2) is 39.4 Å². The highest BCUT2D eigenvalue weighted by Crippen LogP contribution is 2.32. The van der Waals surface area contributed by atoms with Gasteiger partial charge in [0.15, 0.2) is 5.65 Å². The molecule has 3 heterocycles. The number of hydrogen-bond donors (Lipinski definition) is 4. The number of amidine groups is 1. The Labute approximate surface area is 167 Å². The number of aromatic nitrogens is 2. The van der Waals surface area contributed by atoms with Crippen molar-refractivity contribution >= 4 is 28.8 Å². The van der Waals surface area contributed by atoms with Gasteiger partial charge >= 0.3 is 0 Å². The monoisotopic (exact) mass is 390 g/mol. The largest absolute Gasteiger partial charge is 0.395 e. The van der Waals surface area contributed by atoms with Gasteiger partial charge < -0.3 is 25.9 Å². The Morgan fingerprint density at radius 1 is 1.41 bits per heavy atom. The molecule has 4 rings (SSSR count). The molecule has 1 aliphatic heterocycles. The highest BCUT2D eigenvalue weighted by Gasteiger charge is 2.18. The van der Waals surface area contributed by atoms with Crippen molar-refractivity contribution < 1.29 is 9.90 Å². The van der Waals surface area contributed by atoms with Crippen LogP contribution in [0.3, 0.4) is 0 Å². The van der Waals surface area contributed by atoms with E-state index in [-0.39, 0.29) is 12.5 Å². The number of allylic oxidation sites excluding steroid dienone is 1. The third kappa shape index (κ3) is 3.97. The van der Waals surface area contributed by atoms with Crippen LogP contribution in [-0.2, 0) is 11.2 Å². The molecule has 8 heteroatoms. The Kier molecular flexibility index (Phi) is 5.01. The van der Waals surface area contributed by atoms with Gasteiger partial charge in [0.2, 0.25) is 5.91 Å². The van der Waals surface area contributed by atoms with Gasteiger partial charge in [0.25, 0.3) is 0 Å². The molecule has 0 atom stereocenters. The molecule has 0 spiro atoms. The molecule has 0 fully saturated rings. The maximum atomic E-state index is 11.6. The maximum Gasteiger partial charge on any atom is 0.228 e. The zero-order chi connectivity index (χ0) is 20.4. The summed E-state index contributed by atoms with van der Waals surface area (Å²) in [6.45, 7) is 2.35. The van der Waals surface area contributed by atoms with Crippen LogP contribution in [0.25, 0.3) is 16.8 Å². The first-order chi connectivity index (χ1) is 14.0. The number of nitrogens with two attached hydrogens (primary N) is 1. The molecule has 0 unspecified atom stereocenters. The van der Waals surface area contributed by atoms with E-state index in [1.54, 1.807) is 12.3 Å². The number of benzene rings is 1. The molecule has 148 valence electrons. The van der Waals surface area contributed by atoms with E-state index in [9.17, 15) is 4.79 Å². The van der Waals surface area contributed by atoms with Crippen LogP contribution in [0.5, 0.6) is 0 Å². The maximum absolute atomic E-state index is 11.6. The molecule has 0 aliphatic carbocycles. The Morgan fingerprint density at radius 2 is 2.28 bits per heavy atom. The number of nitrogens with one attached hydrogen (secondary N) is 2. The molecule has 0 saturated carbocycles. The highest BCUT2D eigenvalue weighted by atomic mass is 16.3. The number of nitrogens with zero attached hydrogens (tertiary/aromatic N) is 3. The van der Waals surface area contributed by atoms with Crippen LogP contribution >= 0.6 is 0 Å². The first-order valence-electron chi connectivity index (χ1n) is 9.30. The van der Waals surface area contributed by atoms with Crippen LogP contribution in [0.1, 0.15) is 12.5 Å². The van der Waals surface area contributed by atoms with Crippen molar-refractivity contribution in [1.29, 1.82) is 0 Å². The average Bonchev–Trinajstić information content (AvgIpc) is 3.30. The van der Waals surface area contributed by atoms with Crippen molar-refractivity contribution in [3.8, 4) is 11.1 Å². The number of rotatable bonds is 6. The number of amides is 1. The number of carbonyl (C=O) groups is 1. The van der Waals surface area contributed by atoms with E-state index in [1.807, 2.05) is 48.0 Å².